The van der Waals surface area contributed by atoms with Crippen LogP contribution in [0.15, 0.2) is 29.6 Å². The summed E-state index contributed by atoms with van der Waals surface area (Å²) in [4.78, 5) is 31.1. The second kappa shape index (κ2) is 8.91. The van der Waals surface area contributed by atoms with Crippen LogP contribution < -0.4 is 10.6 Å². The number of nitrogens with zero attached hydrogens (tertiary/aromatic N) is 2. The van der Waals surface area contributed by atoms with Crippen LogP contribution in [-0.2, 0) is 0 Å². The number of amides is 2. The number of hydrogen-bond acceptors (Lipinski definition) is 5. The summed E-state index contributed by atoms with van der Waals surface area (Å²) in [6, 6.07) is 7.37. The minimum Gasteiger partial charge on any atom is -0.349 e. The molecule has 26 heavy (non-hydrogen) atoms. The number of anilines is 1. The van der Waals surface area contributed by atoms with E-state index in [1.807, 2.05) is 25.1 Å². The molecule has 0 bridgehead atoms. The summed E-state index contributed by atoms with van der Waals surface area (Å²) in [6.07, 6.45) is 3.78. The molecule has 0 spiro atoms. The van der Waals surface area contributed by atoms with Gasteiger partial charge in [0.25, 0.3) is 11.8 Å². The number of hydrogen-bond donors (Lipinski definition) is 2. The third kappa shape index (κ3) is 4.89. The van der Waals surface area contributed by atoms with Crippen LogP contribution in [0.25, 0.3) is 0 Å². The third-order valence-electron chi connectivity index (χ3n) is 4.51. The monoisotopic (exact) mass is 372 g/mol. The molecule has 138 valence electrons. The van der Waals surface area contributed by atoms with E-state index >= 15 is 0 Å². The summed E-state index contributed by atoms with van der Waals surface area (Å²) in [6.45, 7) is 5.59. The van der Waals surface area contributed by atoms with Crippen LogP contribution in [0.4, 0.5) is 5.13 Å². The van der Waals surface area contributed by atoms with Crippen LogP contribution in [0, 0.1) is 6.92 Å². The Morgan fingerprint density at radius 1 is 1.15 bits per heavy atom. The van der Waals surface area contributed by atoms with Crippen molar-refractivity contribution in [3.05, 3.63) is 46.5 Å². The fourth-order valence-corrected chi connectivity index (χ4v) is 3.71. The zero-order valence-corrected chi connectivity index (χ0v) is 15.8. The molecule has 2 heterocycles. The largest absolute Gasteiger partial charge is 0.349 e. The highest BCUT2D eigenvalue weighted by molar-refractivity contribution is 7.14. The Labute approximate surface area is 157 Å². The first-order chi connectivity index (χ1) is 12.6. The molecule has 3 rings (SSSR count). The summed E-state index contributed by atoms with van der Waals surface area (Å²) in [5.74, 6) is -0.413. The van der Waals surface area contributed by atoms with Crippen molar-refractivity contribution >= 4 is 28.3 Å². The summed E-state index contributed by atoms with van der Waals surface area (Å²) in [5.41, 5.74) is 1.85. The highest BCUT2D eigenvalue weighted by Crippen LogP contribution is 2.17. The van der Waals surface area contributed by atoms with Gasteiger partial charge in [-0.2, -0.15) is 0 Å². The molecule has 7 heteroatoms. The van der Waals surface area contributed by atoms with E-state index in [0.29, 0.717) is 22.9 Å². The van der Waals surface area contributed by atoms with E-state index in [4.69, 9.17) is 0 Å². The van der Waals surface area contributed by atoms with Crippen LogP contribution >= 0.6 is 11.3 Å². The Balaban J connectivity index is 1.49. The third-order valence-corrected chi connectivity index (χ3v) is 5.27. The molecule has 1 saturated heterocycles. The van der Waals surface area contributed by atoms with Crippen LogP contribution in [-0.4, -0.2) is 47.9 Å². The van der Waals surface area contributed by atoms with Crippen molar-refractivity contribution in [3.8, 4) is 0 Å². The lowest BCUT2D eigenvalue weighted by atomic mass is 10.1. The second-order valence-corrected chi connectivity index (χ2v) is 7.32. The first-order valence-electron chi connectivity index (χ1n) is 8.96. The van der Waals surface area contributed by atoms with Crippen molar-refractivity contribution in [3.63, 3.8) is 0 Å². The molecule has 0 radical (unpaired) electrons. The Kier molecular flexibility index (Phi) is 6.35. The van der Waals surface area contributed by atoms with Crippen molar-refractivity contribution < 1.29 is 9.59 Å². The van der Waals surface area contributed by atoms with Crippen molar-refractivity contribution in [1.29, 1.82) is 0 Å². The number of benzene rings is 1. The topological polar surface area (TPSA) is 74.3 Å². The molecular weight excluding hydrogens is 348 g/mol. The lowest BCUT2D eigenvalue weighted by Gasteiger charge is -2.26. The number of nitrogens with one attached hydrogen (secondary N) is 2. The fourth-order valence-electron chi connectivity index (χ4n) is 3.03. The van der Waals surface area contributed by atoms with Gasteiger partial charge in [-0.15, -0.1) is 11.3 Å². The zero-order chi connectivity index (χ0) is 18.4. The predicted octanol–water partition coefficient (Wildman–Crippen LogP) is 2.92. The van der Waals surface area contributed by atoms with Crippen molar-refractivity contribution in [2.75, 3.05) is 31.5 Å². The fraction of sp³-hybridized carbons (Fsp3) is 0.421. The first-order valence-corrected chi connectivity index (χ1v) is 9.84. The first kappa shape index (κ1) is 18.5. The molecule has 2 aromatic rings. The second-order valence-electron chi connectivity index (χ2n) is 6.47. The lowest BCUT2D eigenvalue weighted by molar-refractivity contribution is 0.0941. The van der Waals surface area contributed by atoms with E-state index in [1.54, 1.807) is 11.4 Å². The van der Waals surface area contributed by atoms with E-state index in [2.05, 4.69) is 20.5 Å². The van der Waals surface area contributed by atoms with Crippen LogP contribution in [0.3, 0.4) is 0 Å². The number of piperidine rings is 1. The van der Waals surface area contributed by atoms with E-state index < -0.39 is 0 Å². The van der Waals surface area contributed by atoms with Gasteiger partial charge in [-0.25, -0.2) is 4.98 Å². The van der Waals surface area contributed by atoms with Crippen LogP contribution in [0.1, 0.15) is 45.7 Å². The van der Waals surface area contributed by atoms with Crippen LogP contribution in [0.2, 0.25) is 0 Å². The number of aromatic nitrogens is 1. The summed E-state index contributed by atoms with van der Waals surface area (Å²) < 4.78 is 0. The number of rotatable bonds is 6. The van der Waals surface area contributed by atoms with Gasteiger partial charge in [0.15, 0.2) is 5.13 Å². The Morgan fingerprint density at radius 2 is 1.92 bits per heavy atom. The molecule has 1 aromatic heterocycles. The number of aryl methyl sites for hydroxylation is 1. The van der Waals surface area contributed by atoms with E-state index in [1.165, 1.54) is 30.6 Å². The summed E-state index contributed by atoms with van der Waals surface area (Å²) in [5, 5.41) is 7.77. The smallest absolute Gasteiger partial charge is 0.270 e. The molecule has 1 aliphatic rings. The average Bonchev–Trinajstić information content (AvgIpc) is 3.11. The Bertz CT molecular complexity index is 768. The van der Waals surface area contributed by atoms with Gasteiger partial charge in [-0.3, -0.25) is 14.9 Å². The molecule has 6 nitrogen and oxygen atoms in total. The minimum atomic E-state index is -0.213. The van der Waals surface area contributed by atoms with Gasteiger partial charge in [-0.05, 0) is 44.5 Å². The van der Waals surface area contributed by atoms with Gasteiger partial charge in [0, 0.05) is 24.0 Å². The van der Waals surface area contributed by atoms with Crippen molar-refractivity contribution in [2.24, 2.45) is 0 Å². The van der Waals surface area contributed by atoms with E-state index in [0.717, 1.165) is 25.2 Å². The number of likely N-dealkylation sites (tertiary alicyclic amines) is 1. The van der Waals surface area contributed by atoms with E-state index in [9.17, 15) is 9.59 Å². The van der Waals surface area contributed by atoms with Gasteiger partial charge in [0.2, 0.25) is 0 Å². The summed E-state index contributed by atoms with van der Waals surface area (Å²) >= 11 is 1.25. The van der Waals surface area contributed by atoms with Gasteiger partial charge in [0.1, 0.15) is 5.69 Å². The van der Waals surface area contributed by atoms with E-state index in [-0.39, 0.29) is 11.8 Å². The molecule has 0 atom stereocenters. The molecule has 1 aliphatic heterocycles. The Hall–Kier alpha value is -2.25. The van der Waals surface area contributed by atoms with Gasteiger partial charge < -0.3 is 10.2 Å². The molecule has 0 saturated carbocycles. The van der Waals surface area contributed by atoms with Gasteiger partial charge in [-0.1, -0.05) is 24.6 Å². The highest BCUT2D eigenvalue weighted by atomic mass is 32.1. The van der Waals surface area contributed by atoms with Gasteiger partial charge >= 0.3 is 0 Å². The maximum atomic E-state index is 12.3. The molecule has 2 N–H and O–H groups in total. The molecule has 1 fully saturated rings. The normalized spacial score (nSPS) is 14.8. The zero-order valence-electron chi connectivity index (χ0n) is 15.0. The summed E-state index contributed by atoms with van der Waals surface area (Å²) in [7, 11) is 0. The Morgan fingerprint density at radius 3 is 2.69 bits per heavy atom. The standard InChI is InChI=1S/C19H24N4O2S/c1-14-7-3-4-8-15(14)17(24)22-19-21-16(13-26-19)18(25)20-9-12-23-10-5-2-6-11-23/h3-4,7-8,13H,2,5-6,9-12H2,1H3,(H,20,25)(H,21,22,24). The molecule has 1 aromatic carbocycles. The maximum Gasteiger partial charge on any atom is 0.270 e. The molecule has 2 amide bonds. The number of thiazole rings is 1. The SMILES string of the molecule is Cc1ccccc1C(=O)Nc1nc(C(=O)NCCN2CCCCC2)cs1. The minimum absolute atomic E-state index is 0.199. The quantitative estimate of drug-likeness (QED) is 0.818. The van der Waals surface area contributed by atoms with Crippen LogP contribution in [0.5, 0.6) is 0 Å². The highest BCUT2D eigenvalue weighted by Gasteiger charge is 2.15. The predicted molar refractivity (Wildman–Crippen MR) is 104 cm³/mol. The molecule has 0 aliphatic carbocycles. The van der Waals surface area contributed by atoms with Crippen molar-refractivity contribution in [2.45, 2.75) is 26.2 Å². The number of carbonyl (C=O) groups excluding carboxylic acids is 2. The van der Waals surface area contributed by atoms with Crippen molar-refractivity contribution in [1.82, 2.24) is 15.2 Å². The lowest BCUT2D eigenvalue weighted by Crippen LogP contribution is -2.37. The average molecular weight is 372 g/mol. The number of carbonyl (C=O) groups is 2. The molecule has 0 unspecified atom stereocenters. The van der Waals surface area contributed by atoms with Gasteiger partial charge in [0.05, 0.1) is 0 Å². The maximum absolute atomic E-state index is 12.3. The molecular formula is C19H24N4O2S.